The Morgan fingerprint density at radius 1 is 1.35 bits per heavy atom. The lowest BCUT2D eigenvalue weighted by Gasteiger charge is -2.19. The van der Waals surface area contributed by atoms with Crippen molar-refractivity contribution in [3.63, 3.8) is 0 Å². The van der Waals surface area contributed by atoms with Crippen LogP contribution in [0.15, 0.2) is 24.3 Å². The van der Waals surface area contributed by atoms with E-state index in [1.165, 1.54) is 0 Å². The molecule has 110 valence electrons. The molecule has 0 saturated carbocycles. The van der Waals surface area contributed by atoms with Crippen molar-refractivity contribution in [2.75, 3.05) is 6.54 Å². The molecule has 3 nitrogen and oxygen atoms in total. The van der Waals surface area contributed by atoms with Gasteiger partial charge in [-0.25, -0.2) is 4.98 Å². The van der Waals surface area contributed by atoms with E-state index in [1.807, 2.05) is 6.07 Å². The molecule has 2 aromatic heterocycles. The van der Waals surface area contributed by atoms with Gasteiger partial charge in [-0.2, -0.15) is 0 Å². The fraction of sp³-hybridized carbons (Fsp3) is 0.500. The molecule has 0 aliphatic rings. The highest BCUT2D eigenvalue weighted by molar-refractivity contribution is 9.12. The topological polar surface area (TPSA) is 38.1 Å². The number of rotatable bonds is 5. The Morgan fingerprint density at radius 2 is 2.10 bits per heavy atom. The Labute approximate surface area is 140 Å². The third kappa shape index (κ3) is 4.69. The number of thiophene rings is 1. The summed E-state index contributed by atoms with van der Waals surface area (Å²) < 4.78 is 7.95. The SMILES string of the molecule is CC(C)(C)NCCCc1ncc(-c2cc(Br)sc2Br)o1. The number of nitrogens with one attached hydrogen (secondary N) is 1. The molecule has 1 N–H and O–H groups in total. The predicted octanol–water partition coefficient (Wildman–Crippen LogP) is 5.25. The minimum atomic E-state index is 0.162. The second kappa shape index (κ2) is 6.73. The average Bonchev–Trinajstić information content (AvgIpc) is 2.90. The van der Waals surface area contributed by atoms with Gasteiger partial charge in [0.25, 0.3) is 0 Å². The summed E-state index contributed by atoms with van der Waals surface area (Å²) in [5, 5.41) is 3.46. The van der Waals surface area contributed by atoms with E-state index in [4.69, 9.17) is 4.42 Å². The summed E-state index contributed by atoms with van der Waals surface area (Å²) in [5.74, 6) is 1.61. The van der Waals surface area contributed by atoms with Crippen molar-refractivity contribution in [2.24, 2.45) is 0 Å². The molecule has 0 unspecified atom stereocenters. The highest BCUT2D eigenvalue weighted by Gasteiger charge is 2.13. The first-order valence-electron chi connectivity index (χ1n) is 6.50. The van der Waals surface area contributed by atoms with Crippen molar-refractivity contribution in [1.82, 2.24) is 10.3 Å². The van der Waals surface area contributed by atoms with E-state index >= 15 is 0 Å². The quantitative estimate of drug-likeness (QED) is 0.670. The molecular weight excluding hydrogens is 404 g/mol. The van der Waals surface area contributed by atoms with Gasteiger partial charge in [0, 0.05) is 17.5 Å². The number of halogens is 2. The van der Waals surface area contributed by atoms with Gasteiger partial charge in [-0.3, -0.25) is 0 Å². The molecule has 0 aromatic carbocycles. The van der Waals surface area contributed by atoms with Gasteiger partial charge in [0.2, 0.25) is 0 Å². The summed E-state index contributed by atoms with van der Waals surface area (Å²) >= 11 is 8.65. The summed E-state index contributed by atoms with van der Waals surface area (Å²) in [7, 11) is 0. The third-order valence-corrected chi connectivity index (χ3v) is 5.04. The molecule has 0 spiro atoms. The van der Waals surface area contributed by atoms with Gasteiger partial charge in [-0.05, 0) is 71.7 Å². The van der Waals surface area contributed by atoms with Crippen LogP contribution in [0.4, 0.5) is 0 Å². The Hall–Kier alpha value is -0.170. The average molecular weight is 422 g/mol. The van der Waals surface area contributed by atoms with Crippen LogP contribution in [0.2, 0.25) is 0 Å². The number of aromatic nitrogens is 1. The van der Waals surface area contributed by atoms with Crippen molar-refractivity contribution >= 4 is 43.2 Å². The monoisotopic (exact) mass is 420 g/mol. The Morgan fingerprint density at radius 3 is 2.70 bits per heavy atom. The van der Waals surface area contributed by atoms with E-state index in [2.05, 4.69) is 62.9 Å². The van der Waals surface area contributed by atoms with Gasteiger partial charge >= 0.3 is 0 Å². The predicted molar refractivity (Wildman–Crippen MR) is 91.3 cm³/mol. The third-order valence-electron chi connectivity index (χ3n) is 2.70. The van der Waals surface area contributed by atoms with Crippen LogP contribution in [0.1, 0.15) is 33.1 Å². The van der Waals surface area contributed by atoms with Gasteiger partial charge < -0.3 is 9.73 Å². The maximum Gasteiger partial charge on any atom is 0.194 e. The van der Waals surface area contributed by atoms with Gasteiger partial charge in [0.15, 0.2) is 11.7 Å². The lowest BCUT2D eigenvalue weighted by molar-refractivity contribution is 0.412. The second-order valence-electron chi connectivity index (χ2n) is 5.64. The van der Waals surface area contributed by atoms with Gasteiger partial charge in [0.05, 0.1) is 13.8 Å². The van der Waals surface area contributed by atoms with Gasteiger partial charge in [0.1, 0.15) is 0 Å². The van der Waals surface area contributed by atoms with E-state index in [9.17, 15) is 0 Å². The summed E-state index contributed by atoms with van der Waals surface area (Å²) in [6.45, 7) is 7.47. The van der Waals surface area contributed by atoms with Gasteiger partial charge in [-0.1, -0.05) is 0 Å². The number of hydrogen-bond acceptors (Lipinski definition) is 4. The molecule has 2 aromatic rings. The maximum absolute atomic E-state index is 5.81. The van der Waals surface area contributed by atoms with Crippen LogP contribution in [0, 0.1) is 0 Å². The molecule has 0 bridgehead atoms. The molecule has 2 rings (SSSR count). The molecule has 0 aliphatic heterocycles. The van der Waals surface area contributed by atoms with Crippen LogP contribution < -0.4 is 5.32 Å². The van der Waals surface area contributed by atoms with E-state index in [0.717, 1.165) is 44.2 Å². The first-order chi connectivity index (χ1) is 9.35. The normalized spacial score (nSPS) is 12.1. The maximum atomic E-state index is 5.81. The first-order valence-corrected chi connectivity index (χ1v) is 8.90. The van der Waals surface area contributed by atoms with Gasteiger partial charge in [-0.15, -0.1) is 11.3 Å². The summed E-state index contributed by atoms with van der Waals surface area (Å²) in [4.78, 5) is 4.35. The second-order valence-corrected chi connectivity index (χ2v) is 9.39. The van der Waals surface area contributed by atoms with Crippen LogP contribution in [0.3, 0.4) is 0 Å². The number of nitrogens with zero attached hydrogens (tertiary/aromatic N) is 1. The Bertz CT molecular complexity index is 572. The van der Waals surface area contributed by atoms with Crippen LogP contribution in [0.25, 0.3) is 11.3 Å². The Kier molecular flexibility index (Phi) is 5.45. The van der Waals surface area contributed by atoms with Crippen LogP contribution in [-0.2, 0) is 6.42 Å². The van der Waals surface area contributed by atoms with Crippen LogP contribution >= 0.6 is 43.2 Å². The summed E-state index contributed by atoms with van der Waals surface area (Å²) in [6.07, 6.45) is 3.67. The van der Waals surface area contributed by atoms with Crippen LogP contribution in [-0.4, -0.2) is 17.1 Å². The molecule has 0 radical (unpaired) electrons. The first kappa shape index (κ1) is 16.2. The van der Waals surface area contributed by atoms with Crippen molar-refractivity contribution in [2.45, 2.75) is 39.2 Å². The lowest BCUT2D eigenvalue weighted by atomic mass is 10.1. The fourth-order valence-corrected chi connectivity index (χ4v) is 4.58. The number of hydrogen-bond donors (Lipinski definition) is 1. The molecule has 20 heavy (non-hydrogen) atoms. The molecule has 0 amide bonds. The zero-order valence-electron chi connectivity index (χ0n) is 11.8. The minimum Gasteiger partial charge on any atom is -0.441 e. The molecule has 0 atom stereocenters. The zero-order chi connectivity index (χ0) is 14.8. The van der Waals surface area contributed by atoms with Crippen molar-refractivity contribution in [3.05, 3.63) is 25.7 Å². The largest absolute Gasteiger partial charge is 0.441 e. The highest BCUT2D eigenvalue weighted by Crippen LogP contribution is 2.38. The zero-order valence-corrected chi connectivity index (χ0v) is 15.8. The van der Waals surface area contributed by atoms with Crippen molar-refractivity contribution in [1.29, 1.82) is 0 Å². The van der Waals surface area contributed by atoms with E-state index in [-0.39, 0.29) is 5.54 Å². The summed E-state index contributed by atoms with van der Waals surface area (Å²) in [6, 6.07) is 2.04. The smallest absolute Gasteiger partial charge is 0.194 e. The molecule has 0 saturated heterocycles. The van der Waals surface area contributed by atoms with Crippen molar-refractivity contribution < 1.29 is 4.42 Å². The Balaban J connectivity index is 1.91. The minimum absolute atomic E-state index is 0.162. The molecule has 0 aliphatic carbocycles. The molecular formula is C14H18Br2N2OS. The lowest BCUT2D eigenvalue weighted by Crippen LogP contribution is -2.36. The van der Waals surface area contributed by atoms with Crippen LogP contribution in [0.5, 0.6) is 0 Å². The fourth-order valence-electron chi connectivity index (χ4n) is 1.76. The summed E-state index contributed by atoms with van der Waals surface area (Å²) in [5.41, 5.74) is 1.21. The highest BCUT2D eigenvalue weighted by atomic mass is 79.9. The molecule has 6 heteroatoms. The molecule has 2 heterocycles. The molecule has 0 fully saturated rings. The standard InChI is InChI=1S/C14H18Br2N2OS/c1-14(2,3)18-6-4-5-12-17-8-10(19-12)9-7-11(15)20-13(9)16/h7-8,18H,4-6H2,1-3H3. The number of oxazole rings is 1. The van der Waals surface area contributed by atoms with Crippen molar-refractivity contribution in [3.8, 4) is 11.3 Å². The van der Waals surface area contributed by atoms with E-state index < -0.39 is 0 Å². The number of aryl methyl sites for hydroxylation is 1. The van der Waals surface area contributed by atoms with E-state index in [1.54, 1.807) is 17.5 Å². The van der Waals surface area contributed by atoms with E-state index in [0.29, 0.717) is 0 Å².